The molecule has 1 aliphatic heterocycles. The molecule has 0 radical (unpaired) electrons. The summed E-state index contributed by atoms with van der Waals surface area (Å²) in [6.07, 6.45) is -0.788. The van der Waals surface area contributed by atoms with Crippen molar-refractivity contribution in [2.75, 3.05) is 0 Å². The van der Waals surface area contributed by atoms with Crippen molar-refractivity contribution < 1.29 is 13.9 Å². The van der Waals surface area contributed by atoms with Gasteiger partial charge in [0.05, 0.1) is 11.5 Å². The lowest BCUT2D eigenvalue weighted by Crippen LogP contribution is -2.31. The summed E-state index contributed by atoms with van der Waals surface area (Å²) >= 11 is 0. The fraction of sp³-hybridized carbons (Fsp3) is 0.143. The number of carbonyl (C=O) groups excluding carboxylic acids is 1. The second kappa shape index (κ2) is 6.06. The molecule has 0 spiro atoms. The van der Waals surface area contributed by atoms with Crippen LogP contribution in [0.4, 0.5) is 0 Å². The number of rotatable bonds is 3. The number of ketones is 1. The summed E-state index contributed by atoms with van der Waals surface area (Å²) in [6, 6.07) is 20.1. The van der Waals surface area contributed by atoms with Gasteiger partial charge in [-0.1, -0.05) is 60.7 Å². The molecule has 2 heterocycles. The Hall–Kier alpha value is -3.14. The third-order valence-electron chi connectivity index (χ3n) is 4.42. The van der Waals surface area contributed by atoms with Gasteiger partial charge in [-0.25, -0.2) is 4.79 Å². The smallest absolute Gasteiger partial charge is 0.343 e. The molecule has 3 aromatic rings. The van der Waals surface area contributed by atoms with Gasteiger partial charge in [-0.2, -0.15) is 0 Å². The van der Waals surface area contributed by atoms with E-state index in [-0.39, 0.29) is 5.78 Å². The summed E-state index contributed by atoms with van der Waals surface area (Å²) in [7, 11) is 0. The molecule has 0 fully saturated rings. The zero-order chi connectivity index (χ0) is 17.4. The number of hydrogen-bond acceptors (Lipinski definition) is 4. The summed E-state index contributed by atoms with van der Waals surface area (Å²) in [5.74, 6) is 0.253. The molecule has 0 saturated carbocycles. The average molecular weight is 332 g/mol. The zero-order valence-electron chi connectivity index (χ0n) is 13.6. The minimum absolute atomic E-state index is 0.150. The number of Topliss-reactive ketones (excluding diaryl/α,β-unsaturated/α-hetero) is 1. The lowest BCUT2D eigenvalue weighted by molar-refractivity contribution is 0.0806. The number of carbonyl (C=O) groups is 1. The molecular weight excluding hydrogens is 316 g/mol. The Kier molecular flexibility index (Phi) is 3.73. The molecule has 4 heteroatoms. The van der Waals surface area contributed by atoms with Crippen molar-refractivity contribution >= 4 is 5.78 Å². The van der Waals surface area contributed by atoms with Gasteiger partial charge < -0.3 is 9.15 Å². The number of benzene rings is 2. The molecule has 25 heavy (non-hydrogen) atoms. The van der Waals surface area contributed by atoms with E-state index >= 15 is 0 Å². The molecule has 0 N–H and O–H groups in total. The van der Waals surface area contributed by atoms with Gasteiger partial charge in [0, 0.05) is 11.6 Å². The van der Waals surface area contributed by atoms with Crippen LogP contribution in [0.2, 0.25) is 0 Å². The first kappa shape index (κ1) is 15.4. The third kappa shape index (κ3) is 2.66. The summed E-state index contributed by atoms with van der Waals surface area (Å²) < 4.78 is 11.2. The Balaban J connectivity index is 1.86. The first-order valence-corrected chi connectivity index (χ1v) is 8.10. The van der Waals surface area contributed by atoms with Gasteiger partial charge in [-0.05, 0) is 12.5 Å². The Labute approximate surface area is 144 Å². The summed E-state index contributed by atoms with van der Waals surface area (Å²) in [6.45, 7) is 1.69. The van der Waals surface area contributed by atoms with Gasteiger partial charge in [-0.3, -0.25) is 4.79 Å². The second-order valence-corrected chi connectivity index (χ2v) is 6.08. The lowest BCUT2D eigenvalue weighted by atomic mass is 9.86. The Morgan fingerprint density at radius 1 is 0.960 bits per heavy atom. The van der Waals surface area contributed by atoms with Crippen molar-refractivity contribution in [2.24, 2.45) is 0 Å². The highest BCUT2D eigenvalue weighted by atomic mass is 16.5. The molecule has 0 amide bonds. The second-order valence-electron chi connectivity index (χ2n) is 6.08. The van der Waals surface area contributed by atoms with Crippen LogP contribution in [-0.4, -0.2) is 11.9 Å². The molecule has 0 saturated heterocycles. The number of hydrogen-bond donors (Lipinski definition) is 0. The maximum absolute atomic E-state index is 13.0. The zero-order valence-corrected chi connectivity index (χ0v) is 13.6. The van der Waals surface area contributed by atoms with Crippen molar-refractivity contribution in [1.29, 1.82) is 0 Å². The van der Waals surface area contributed by atoms with Crippen LogP contribution >= 0.6 is 0 Å². The summed E-state index contributed by atoms with van der Waals surface area (Å²) in [4.78, 5) is 25.5. The standard InChI is InChI=1S/C21H16O4/c1-13-12-16-18(21(23)24-13)17(14-8-4-2-5-9-14)20(25-16)19(22)15-10-6-3-7-11-15/h2-12,17,20H,1H3/t17-,20-/m0/s1. The Morgan fingerprint density at radius 2 is 1.60 bits per heavy atom. The Bertz CT molecular complexity index is 974. The van der Waals surface area contributed by atoms with Gasteiger partial charge >= 0.3 is 5.63 Å². The minimum Gasteiger partial charge on any atom is -0.481 e. The van der Waals surface area contributed by atoms with Crippen LogP contribution in [0.15, 0.2) is 75.9 Å². The molecule has 0 bridgehead atoms. The highest BCUT2D eigenvalue weighted by Gasteiger charge is 2.43. The molecule has 4 rings (SSSR count). The quantitative estimate of drug-likeness (QED) is 0.686. The van der Waals surface area contributed by atoms with E-state index in [9.17, 15) is 9.59 Å². The summed E-state index contributed by atoms with van der Waals surface area (Å²) in [5, 5.41) is 0. The van der Waals surface area contributed by atoms with E-state index < -0.39 is 17.6 Å². The fourth-order valence-electron chi connectivity index (χ4n) is 3.30. The topological polar surface area (TPSA) is 56.5 Å². The first-order valence-electron chi connectivity index (χ1n) is 8.10. The minimum atomic E-state index is -0.788. The molecule has 0 unspecified atom stereocenters. The van der Waals surface area contributed by atoms with Crippen LogP contribution in [0.25, 0.3) is 0 Å². The normalized spacial score (nSPS) is 18.4. The van der Waals surface area contributed by atoms with Crippen LogP contribution in [0.1, 0.15) is 33.2 Å². The predicted molar refractivity (Wildman–Crippen MR) is 93.2 cm³/mol. The van der Waals surface area contributed by atoms with Gasteiger partial charge in [0.2, 0.25) is 5.78 Å². The third-order valence-corrected chi connectivity index (χ3v) is 4.42. The average Bonchev–Trinajstić information content (AvgIpc) is 3.02. The number of fused-ring (bicyclic) bond motifs is 1. The van der Waals surface area contributed by atoms with Crippen LogP contribution in [0, 0.1) is 6.92 Å². The lowest BCUT2D eigenvalue weighted by Gasteiger charge is -2.18. The van der Waals surface area contributed by atoms with E-state index in [1.54, 1.807) is 25.1 Å². The first-order chi connectivity index (χ1) is 12.1. The van der Waals surface area contributed by atoms with E-state index in [1.807, 2.05) is 48.5 Å². The van der Waals surface area contributed by atoms with Crippen molar-refractivity contribution in [2.45, 2.75) is 18.9 Å². The van der Waals surface area contributed by atoms with Crippen LogP contribution in [0.3, 0.4) is 0 Å². The largest absolute Gasteiger partial charge is 0.481 e. The molecule has 4 nitrogen and oxygen atoms in total. The van der Waals surface area contributed by atoms with E-state index in [4.69, 9.17) is 9.15 Å². The highest BCUT2D eigenvalue weighted by molar-refractivity contribution is 6.01. The Morgan fingerprint density at radius 3 is 2.28 bits per heavy atom. The highest BCUT2D eigenvalue weighted by Crippen LogP contribution is 2.41. The molecule has 0 aliphatic carbocycles. The molecule has 2 atom stereocenters. The molecule has 124 valence electrons. The number of ether oxygens (including phenoxy) is 1. The maximum Gasteiger partial charge on any atom is 0.343 e. The van der Waals surface area contributed by atoms with Crippen molar-refractivity contribution in [3.05, 3.63) is 99.6 Å². The molecule has 1 aliphatic rings. The summed E-state index contributed by atoms with van der Waals surface area (Å²) in [5.41, 5.74) is 1.37. The van der Waals surface area contributed by atoms with Gasteiger partial charge in [-0.15, -0.1) is 0 Å². The van der Waals surface area contributed by atoms with Crippen LogP contribution in [0.5, 0.6) is 5.75 Å². The predicted octanol–water partition coefficient (Wildman–Crippen LogP) is 3.72. The number of aryl methyl sites for hydroxylation is 1. The van der Waals surface area contributed by atoms with Crippen LogP contribution in [-0.2, 0) is 0 Å². The van der Waals surface area contributed by atoms with E-state index in [0.717, 1.165) is 5.56 Å². The molecular formula is C21H16O4. The van der Waals surface area contributed by atoms with Gasteiger partial charge in [0.15, 0.2) is 6.10 Å². The van der Waals surface area contributed by atoms with E-state index in [1.165, 1.54) is 0 Å². The molecule has 2 aromatic carbocycles. The molecule has 1 aromatic heterocycles. The van der Waals surface area contributed by atoms with Crippen molar-refractivity contribution in [3.63, 3.8) is 0 Å². The van der Waals surface area contributed by atoms with E-state index in [0.29, 0.717) is 22.6 Å². The fourth-order valence-corrected chi connectivity index (χ4v) is 3.30. The van der Waals surface area contributed by atoms with Crippen molar-refractivity contribution in [1.82, 2.24) is 0 Å². The maximum atomic E-state index is 13.0. The van der Waals surface area contributed by atoms with Crippen molar-refractivity contribution in [3.8, 4) is 5.75 Å². The SMILES string of the molecule is Cc1cc2c(c(=O)o1)[C@H](c1ccccc1)[C@@H](C(=O)c1ccccc1)O2. The monoisotopic (exact) mass is 332 g/mol. The van der Waals surface area contributed by atoms with Gasteiger partial charge in [0.1, 0.15) is 11.5 Å². The van der Waals surface area contributed by atoms with E-state index in [2.05, 4.69) is 0 Å². The van der Waals surface area contributed by atoms with Gasteiger partial charge in [0.25, 0.3) is 0 Å². The van der Waals surface area contributed by atoms with Crippen LogP contribution < -0.4 is 10.4 Å².